The molecule has 3 nitrogen and oxygen atoms in total. The Morgan fingerprint density at radius 3 is 2.55 bits per heavy atom. The van der Waals surface area contributed by atoms with Crippen molar-refractivity contribution in [2.45, 2.75) is 30.4 Å². The fourth-order valence-corrected chi connectivity index (χ4v) is 1.24. The van der Waals surface area contributed by atoms with Crippen molar-refractivity contribution in [3.8, 4) is 0 Å². The van der Waals surface area contributed by atoms with E-state index in [0.29, 0.717) is 6.42 Å². The molecule has 0 saturated carbocycles. The molecule has 0 spiro atoms. The van der Waals surface area contributed by atoms with E-state index in [-0.39, 0.29) is 12.2 Å². The Hall–Kier alpha value is -0.150. The van der Waals surface area contributed by atoms with Crippen molar-refractivity contribution in [1.29, 1.82) is 0 Å². The molecule has 0 bridgehead atoms. The van der Waals surface area contributed by atoms with Gasteiger partial charge in [0.15, 0.2) is 0 Å². The van der Waals surface area contributed by atoms with E-state index < -0.39 is 11.0 Å². The van der Waals surface area contributed by atoms with Crippen molar-refractivity contribution in [2.75, 3.05) is 0 Å². The van der Waals surface area contributed by atoms with Crippen LogP contribution in [-0.2, 0) is 9.47 Å². The van der Waals surface area contributed by atoms with Crippen molar-refractivity contribution in [3.63, 3.8) is 0 Å². The highest BCUT2D eigenvalue weighted by Gasteiger charge is 2.33. The fraction of sp³-hybridized carbons (Fsp3) is 0.833. The highest BCUT2D eigenvalue weighted by Crippen LogP contribution is 2.22. The van der Waals surface area contributed by atoms with Gasteiger partial charge < -0.3 is 9.47 Å². The minimum absolute atomic E-state index is 0.248. The third-order valence-corrected chi connectivity index (χ3v) is 1.82. The van der Waals surface area contributed by atoms with Crippen LogP contribution in [0.3, 0.4) is 0 Å². The van der Waals surface area contributed by atoms with Crippen LogP contribution < -0.4 is 0 Å². The van der Waals surface area contributed by atoms with Gasteiger partial charge in [0.05, 0.1) is 0 Å². The Kier molecular flexibility index (Phi) is 2.84. The quantitative estimate of drug-likeness (QED) is 0.504. The summed E-state index contributed by atoms with van der Waals surface area (Å²) < 4.78 is 9.45. The molecule has 1 saturated heterocycles. The summed E-state index contributed by atoms with van der Waals surface area (Å²) in [5, 5.41) is 0. The normalized spacial score (nSPS) is 30.4. The Morgan fingerprint density at radius 2 is 2.18 bits per heavy atom. The van der Waals surface area contributed by atoms with Gasteiger partial charge in [0.2, 0.25) is 0 Å². The highest BCUT2D eigenvalue weighted by molar-refractivity contribution is 6.44. The van der Waals surface area contributed by atoms with E-state index in [4.69, 9.17) is 32.7 Å². The van der Waals surface area contributed by atoms with Gasteiger partial charge in [-0.2, -0.15) is 0 Å². The SMILES string of the molecule is C[C@H]1OC(=O)O[C@H]1CC(Cl)Cl. The number of ether oxygens (including phenoxy) is 2. The average molecular weight is 199 g/mol. The van der Waals surface area contributed by atoms with Gasteiger partial charge in [0.25, 0.3) is 0 Å². The van der Waals surface area contributed by atoms with E-state index in [1.165, 1.54) is 0 Å². The zero-order chi connectivity index (χ0) is 8.43. The molecule has 0 aromatic heterocycles. The number of cyclic esters (lactones) is 2. The van der Waals surface area contributed by atoms with Crippen LogP contribution in [0, 0.1) is 0 Å². The predicted octanol–water partition coefficient (Wildman–Crippen LogP) is 2.10. The van der Waals surface area contributed by atoms with Gasteiger partial charge in [-0.25, -0.2) is 4.79 Å². The third kappa shape index (κ3) is 2.42. The van der Waals surface area contributed by atoms with E-state index >= 15 is 0 Å². The first kappa shape index (κ1) is 8.94. The second kappa shape index (κ2) is 3.50. The second-order valence-electron chi connectivity index (χ2n) is 2.36. The summed E-state index contributed by atoms with van der Waals surface area (Å²) in [5.41, 5.74) is 0. The topological polar surface area (TPSA) is 35.5 Å². The lowest BCUT2D eigenvalue weighted by Crippen LogP contribution is -2.21. The van der Waals surface area contributed by atoms with E-state index in [9.17, 15) is 4.79 Å². The molecule has 0 unspecified atom stereocenters. The molecular weight excluding hydrogens is 191 g/mol. The Bertz CT molecular complexity index is 160. The van der Waals surface area contributed by atoms with Gasteiger partial charge in [0.1, 0.15) is 17.0 Å². The summed E-state index contributed by atoms with van der Waals surface area (Å²) >= 11 is 11.0. The molecule has 0 radical (unpaired) electrons. The van der Waals surface area contributed by atoms with Crippen molar-refractivity contribution in [2.24, 2.45) is 0 Å². The average Bonchev–Trinajstić information content (AvgIpc) is 2.09. The van der Waals surface area contributed by atoms with E-state index in [1.807, 2.05) is 0 Å². The summed E-state index contributed by atoms with van der Waals surface area (Å²) in [6.07, 6.45) is -0.780. The minimum atomic E-state index is -0.642. The minimum Gasteiger partial charge on any atom is -0.427 e. The fourth-order valence-electron chi connectivity index (χ4n) is 0.890. The van der Waals surface area contributed by atoms with Crippen LogP contribution in [0.5, 0.6) is 0 Å². The van der Waals surface area contributed by atoms with E-state index in [1.54, 1.807) is 6.92 Å². The van der Waals surface area contributed by atoms with Crippen molar-refractivity contribution >= 4 is 29.4 Å². The van der Waals surface area contributed by atoms with Gasteiger partial charge in [-0.05, 0) is 6.92 Å². The molecule has 1 aliphatic heterocycles. The lowest BCUT2D eigenvalue weighted by Gasteiger charge is -2.10. The first-order valence-electron chi connectivity index (χ1n) is 3.25. The molecule has 64 valence electrons. The zero-order valence-electron chi connectivity index (χ0n) is 5.92. The largest absolute Gasteiger partial charge is 0.509 e. The zero-order valence-corrected chi connectivity index (χ0v) is 7.43. The molecule has 5 heteroatoms. The van der Waals surface area contributed by atoms with Crippen LogP contribution in [0.1, 0.15) is 13.3 Å². The number of carbonyl (C=O) groups excluding carboxylic acids is 1. The number of alkyl halides is 2. The van der Waals surface area contributed by atoms with Crippen molar-refractivity contribution in [1.82, 2.24) is 0 Å². The highest BCUT2D eigenvalue weighted by atomic mass is 35.5. The third-order valence-electron chi connectivity index (χ3n) is 1.46. The lowest BCUT2D eigenvalue weighted by atomic mass is 10.2. The van der Waals surface area contributed by atoms with Crippen molar-refractivity contribution in [3.05, 3.63) is 0 Å². The number of hydrogen-bond acceptors (Lipinski definition) is 3. The summed E-state index contributed by atoms with van der Waals surface area (Å²) in [4.78, 5) is 10.00. The molecule has 1 heterocycles. The van der Waals surface area contributed by atoms with Gasteiger partial charge >= 0.3 is 6.16 Å². The van der Waals surface area contributed by atoms with Crippen LogP contribution in [0.15, 0.2) is 0 Å². The molecular formula is C6H8Cl2O3. The summed E-state index contributed by atoms with van der Waals surface area (Å²) in [6.45, 7) is 1.74. The number of halogens is 2. The molecule has 0 aromatic carbocycles. The predicted molar refractivity (Wildman–Crippen MR) is 40.9 cm³/mol. The second-order valence-corrected chi connectivity index (χ2v) is 3.63. The first-order chi connectivity index (χ1) is 5.09. The Balaban J connectivity index is 2.40. The monoisotopic (exact) mass is 198 g/mol. The molecule has 1 rings (SSSR count). The molecule has 0 aliphatic carbocycles. The molecule has 11 heavy (non-hydrogen) atoms. The van der Waals surface area contributed by atoms with Gasteiger partial charge in [-0.3, -0.25) is 0 Å². The Morgan fingerprint density at radius 1 is 1.55 bits per heavy atom. The van der Waals surface area contributed by atoms with Crippen molar-refractivity contribution < 1.29 is 14.3 Å². The summed E-state index contributed by atoms with van der Waals surface area (Å²) in [5.74, 6) is 0. The van der Waals surface area contributed by atoms with Gasteiger partial charge in [0, 0.05) is 6.42 Å². The Labute approximate surface area is 74.6 Å². The van der Waals surface area contributed by atoms with Gasteiger partial charge in [-0.1, -0.05) is 0 Å². The number of hydrogen-bond donors (Lipinski definition) is 0. The standard InChI is InChI=1S/C6H8Cl2O3/c1-3-4(2-5(7)8)11-6(9)10-3/h3-5H,2H2,1H3/t3-,4+/m1/s1. The lowest BCUT2D eigenvalue weighted by molar-refractivity contribution is 0.116. The van der Waals surface area contributed by atoms with E-state index in [2.05, 4.69) is 0 Å². The molecule has 1 fully saturated rings. The number of carbonyl (C=O) groups is 1. The van der Waals surface area contributed by atoms with Crippen LogP contribution in [0.4, 0.5) is 4.79 Å². The maximum absolute atomic E-state index is 10.5. The maximum atomic E-state index is 10.5. The molecule has 2 atom stereocenters. The molecule has 1 aliphatic rings. The summed E-state index contributed by atoms with van der Waals surface area (Å²) in [6, 6.07) is 0. The van der Waals surface area contributed by atoms with Crippen LogP contribution >= 0.6 is 23.2 Å². The smallest absolute Gasteiger partial charge is 0.427 e. The van der Waals surface area contributed by atoms with Crippen LogP contribution in [0.2, 0.25) is 0 Å². The van der Waals surface area contributed by atoms with Crippen LogP contribution in [-0.4, -0.2) is 23.2 Å². The molecule has 0 aromatic rings. The first-order valence-corrected chi connectivity index (χ1v) is 4.12. The van der Waals surface area contributed by atoms with E-state index in [0.717, 1.165) is 0 Å². The summed E-state index contributed by atoms with van der Waals surface area (Å²) in [7, 11) is 0. The maximum Gasteiger partial charge on any atom is 0.509 e. The van der Waals surface area contributed by atoms with Gasteiger partial charge in [-0.15, -0.1) is 23.2 Å². The number of rotatable bonds is 2. The molecule has 0 N–H and O–H groups in total. The molecule has 0 amide bonds. The van der Waals surface area contributed by atoms with Crippen LogP contribution in [0.25, 0.3) is 0 Å².